The minimum absolute atomic E-state index is 0.228. The first kappa shape index (κ1) is 10.1. The third-order valence-corrected chi connectivity index (χ3v) is 2.88. The molecule has 1 aromatic carbocycles. The Bertz CT molecular complexity index is 573. The van der Waals surface area contributed by atoms with Gasteiger partial charge in [0.05, 0.1) is 11.4 Å². The van der Waals surface area contributed by atoms with Crippen LogP contribution in [0.2, 0.25) is 0 Å². The van der Waals surface area contributed by atoms with Gasteiger partial charge in [0, 0.05) is 18.3 Å². The van der Waals surface area contributed by atoms with E-state index in [0.29, 0.717) is 0 Å². The Kier molecular flexibility index (Phi) is 2.44. The van der Waals surface area contributed by atoms with Gasteiger partial charge in [-0.15, -0.1) is 0 Å². The van der Waals surface area contributed by atoms with Crippen LogP contribution in [0.4, 0.5) is 4.39 Å². The molecule has 0 radical (unpaired) electrons. The molecule has 1 aromatic heterocycles. The monoisotopic (exact) mass is 226 g/mol. The number of rotatable bonds is 1. The van der Waals surface area contributed by atoms with E-state index in [0.717, 1.165) is 29.9 Å². The van der Waals surface area contributed by atoms with Gasteiger partial charge in [-0.1, -0.05) is 6.07 Å². The fourth-order valence-corrected chi connectivity index (χ4v) is 1.94. The van der Waals surface area contributed by atoms with Gasteiger partial charge in [-0.2, -0.15) is 0 Å². The van der Waals surface area contributed by atoms with Gasteiger partial charge in [0.2, 0.25) is 0 Å². The van der Waals surface area contributed by atoms with Crippen molar-refractivity contribution in [2.75, 3.05) is 6.54 Å². The van der Waals surface area contributed by atoms with Gasteiger partial charge in [-0.25, -0.2) is 9.37 Å². The molecule has 0 amide bonds. The summed E-state index contributed by atoms with van der Waals surface area (Å²) in [5, 5.41) is 0. The lowest BCUT2D eigenvalue weighted by atomic mass is 10.1. The molecule has 0 atom stereocenters. The zero-order valence-corrected chi connectivity index (χ0v) is 9.23. The van der Waals surface area contributed by atoms with Gasteiger partial charge in [0.1, 0.15) is 5.82 Å². The molecule has 0 aliphatic carbocycles. The maximum atomic E-state index is 12.8. The summed E-state index contributed by atoms with van der Waals surface area (Å²) in [4.78, 5) is 8.76. The topological polar surface area (TPSA) is 25.2 Å². The first-order valence-electron chi connectivity index (χ1n) is 5.58. The van der Waals surface area contributed by atoms with Crippen molar-refractivity contribution in [1.82, 2.24) is 4.98 Å². The molecule has 84 valence electrons. The molecule has 2 nitrogen and oxygen atoms in total. The average Bonchev–Trinajstić information content (AvgIpc) is 2.39. The molecule has 0 saturated carbocycles. The zero-order chi connectivity index (χ0) is 11.7. The van der Waals surface area contributed by atoms with Gasteiger partial charge in [-0.3, -0.25) is 4.99 Å². The van der Waals surface area contributed by atoms with Crippen molar-refractivity contribution in [3.05, 3.63) is 53.5 Å². The molecule has 0 N–H and O–H groups in total. The summed E-state index contributed by atoms with van der Waals surface area (Å²) in [6.45, 7) is 0.838. The summed E-state index contributed by atoms with van der Waals surface area (Å²) in [5.41, 5.74) is 3.94. The Balaban J connectivity index is 2.05. The molecular formula is C14H11FN2. The van der Waals surface area contributed by atoms with E-state index in [9.17, 15) is 4.39 Å². The van der Waals surface area contributed by atoms with Crippen molar-refractivity contribution in [2.24, 2.45) is 4.99 Å². The minimum atomic E-state index is -0.228. The fourth-order valence-electron chi connectivity index (χ4n) is 1.94. The summed E-state index contributed by atoms with van der Waals surface area (Å²) in [7, 11) is 0. The second-order valence-electron chi connectivity index (χ2n) is 4.03. The Hall–Kier alpha value is -2.03. The smallest absolute Gasteiger partial charge is 0.123 e. The molecule has 0 bridgehead atoms. The minimum Gasteiger partial charge on any atom is -0.291 e. The average molecular weight is 226 g/mol. The summed E-state index contributed by atoms with van der Waals surface area (Å²) < 4.78 is 12.8. The first-order valence-corrected chi connectivity index (χ1v) is 5.58. The largest absolute Gasteiger partial charge is 0.291 e. The summed E-state index contributed by atoms with van der Waals surface area (Å²) >= 11 is 0. The molecule has 3 heteroatoms. The van der Waals surface area contributed by atoms with E-state index >= 15 is 0 Å². The number of hydrogen-bond acceptors (Lipinski definition) is 2. The van der Waals surface area contributed by atoms with Crippen LogP contribution in [0.5, 0.6) is 0 Å². The molecule has 0 unspecified atom stereocenters. The Morgan fingerprint density at radius 1 is 1.00 bits per heavy atom. The van der Waals surface area contributed by atoms with E-state index < -0.39 is 0 Å². The van der Waals surface area contributed by atoms with E-state index in [4.69, 9.17) is 0 Å². The standard InChI is InChI=1S/C14H11FN2/c15-12-4-1-10(2-5-12)13-6-3-11-7-8-16-9-14(11)17-13/h1-6,9H,7-8H2. The molecule has 1 aliphatic rings. The van der Waals surface area contributed by atoms with Gasteiger partial charge < -0.3 is 0 Å². The van der Waals surface area contributed by atoms with Crippen LogP contribution < -0.4 is 0 Å². The van der Waals surface area contributed by atoms with E-state index in [1.54, 1.807) is 12.1 Å². The third kappa shape index (κ3) is 1.96. The number of aliphatic imine (C=N–C) groups is 1. The predicted molar refractivity (Wildman–Crippen MR) is 65.8 cm³/mol. The second-order valence-corrected chi connectivity index (χ2v) is 4.03. The molecule has 0 saturated heterocycles. The highest BCUT2D eigenvalue weighted by molar-refractivity contribution is 5.81. The molecule has 0 spiro atoms. The number of aromatic nitrogens is 1. The maximum Gasteiger partial charge on any atom is 0.123 e. The lowest BCUT2D eigenvalue weighted by Gasteiger charge is -2.10. The lowest BCUT2D eigenvalue weighted by molar-refractivity contribution is 0.628. The Labute approximate surface area is 98.9 Å². The normalized spacial score (nSPS) is 13.5. The van der Waals surface area contributed by atoms with Crippen LogP contribution in [0.15, 0.2) is 41.4 Å². The van der Waals surface area contributed by atoms with E-state index in [-0.39, 0.29) is 5.82 Å². The maximum absolute atomic E-state index is 12.8. The van der Waals surface area contributed by atoms with Crippen LogP contribution in [0.3, 0.4) is 0 Å². The fraction of sp³-hybridized carbons (Fsp3) is 0.143. The van der Waals surface area contributed by atoms with Crippen LogP contribution in [-0.2, 0) is 6.42 Å². The number of hydrogen-bond donors (Lipinski definition) is 0. The summed E-state index contributed by atoms with van der Waals surface area (Å²) in [6.07, 6.45) is 2.76. The highest BCUT2D eigenvalue weighted by Gasteiger charge is 2.08. The Morgan fingerprint density at radius 2 is 1.82 bits per heavy atom. The van der Waals surface area contributed by atoms with Crippen LogP contribution in [0.1, 0.15) is 11.3 Å². The van der Waals surface area contributed by atoms with Gasteiger partial charge in [0.15, 0.2) is 0 Å². The molecule has 1 aliphatic heterocycles. The van der Waals surface area contributed by atoms with Crippen molar-refractivity contribution in [2.45, 2.75) is 6.42 Å². The van der Waals surface area contributed by atoms with Gasteiger partial charge >= 0.3 is 0 Å². The molecule has 3 rings (SSSR count). The molecule has 2 aromatic rings. The number of nitrogens with zero attached hydrogens (tertiary/aromatic N) is 2. The van der Waals surface area contributed by atoms with Crippen LogP contribution in [0.25, 0.3) is 11.3 Å². The Morgan fingerprint density at radius 3 is 2.65 bits per heavy atom. The summed E-state index contributed by atoms with van der Waals surface area (Å²) in [6, 6.07) is 10.4. The van der Waals surface area contributed by atoms with Gasteiger partial charge in [-0.05, 0) is 42.3 Å². The van der Waals surface area contributed by atoms with Crippen molar-refractivity contribution >= 4 is 6.21 Å². The number of benzene rings is 1. The molecule has 0 fully saturated rings. The lowest BCUT2D eigenvalue weighted by Crippen LogP contribution is -2.05. The highest BCUT2D eigenvalue weighted by atomic mass is 19.1. The SMILES string of the molecule is Fc1ccc(-c2ccc3c(n2)C=NCC3)cc1. The van der Waals surface area contributed by atoms with E-state index in [2.05, 4.69) is 16.0 Å². The van der Waals surface area contributed by atoms with Crippen molar-refractivity contribution in [1.29, 1.82) is 0 Å². The van der Waals surface area contributed by atoms with E-state index in [1.807, 2.05) is 12.3 Å². The molecule has 2 heterocycles. The van der Waals surface area contributed by atoms with Gasteiger partial charge in [0.25, 0.3) is 0 Å². The second kappa shape index (κ2) is 4.09. The first-order chi connectivity index (χ1) is 8.33. The molecular weight excluding hydrogens is 215 g/mol. The van der Waals surface area contributed by atoms with Crippen LogP contribution in [-0.4, -0.2) is 17.7 Å². The number of pyridine rings is 1. The van der Waals surface area contributed by atoms with E-state index in [1.165, 1.54) is 17.7 Å². The summed E-state index contributed by atoms with van der Waals surface area (Å²) in [5.74, 6) is -0.228. The van der Waals surface area contributed by atoms with Crippen LogP contribution >= 0.6 is 0 Å². The van der Waals surface area contributed by atoms with Crippen molar-refractivity contribution < 1.29 is 4.39 Å². The highest BCUT2D eigenvalue weighted by Crippen LogP contribution is 2.20. The van der Waals surface area contributed by atoms with Crippen molar-refractivity contribution in [3.63, 3.8) is 0 Å². The predicted octanol–water partition coefficient (Wildman–Crippen LogP) is 2.86. The third-order valence-electron chi connectivity index (χ3n) is 2.88. The molecule has 17 heavy (non-hydrogen) atoms. The number of fused-ring (bicyclic) bond motifs is 1. The quantitative estimate of drug-likeness (QED) is 0.734. The van der Waals surface area contributed by atoms with Crippen molar-refractivity contribution in [3.8, 4) is 11.3 Å². The van der Waals surface area contributed by atoms with Crippen LogP contribution in [0, 0.1) is 5.82 Å². The zero-order valence-electron chi connectivity index (χ0n) is 9.23. The number of halogens is 1.